The van der Waals surface area contributed by atoms with Crippen LogP contribution in [0.25, 0.3) is 22.5 Å². The average molecular weight is 350 g/mol. The molecule has 0 aliphatic carbocycles. The van der Waals surface area contributed by atoms with Gasteiger partial charge in [-0.15, -0.1) is 11.3 Å². The second-order valence-corrected chi connectivity index (χ2v) is 6.53. The van der Waals surface area contributed by atoms with Crippen LogP contribution in [-0.2, 0) is 0 Å². The molecular formula is C18H14N4O2S. The third-order valence-electron chi connectivity index (χ3n) is 3.67. The van der Waals surface area contributed by atoms with Crippen LogP contribution < -0.4 is 5.32 Å². The number of aromatic amines is 1. The van der Waals surface area contributed by atoms with Crippen LogP contribution in [-0.4, -0.2) is 21.1 Å². The standard InChI is InChI=1S/C18H14N4O2S/c1-11-19-17(10-25-11)12-3-2-4-14(7-12)20-18(23)16-8-15(21-22-16)13-5-6-24-9-13/h2-10H,1H3,(H,20,23)(H,21,22). The van der Waals surface area contributed by atoms with Crippen LogP contribution in [0.5, 0.6) is 0 Å². The summed E-state index contributed by atoms with van der Waals surface area (Å²) in [4.78, 5) is 16.9. The summed E-state index contributed by atoms with van der Waals surface area (Å²) < 4.78 is 5.03. The zero-order valence-corrected chi connectivity index (χ0v) is 14.1. The smallest absolute Gasteiger partial charge is 0.273 e. The molecule has 2 N–H and O–H groups in total. The van der Waals surface area contributed by atoms with Gasteiger partial charge in [0, 0.05) is 22.2 Å². The SMILES string of the molecule is Cc1nc(-c2cccc(NC(=O)c3cc(-c4ccoc4)n[nH]3)c2)cs1. The maximum absolute atomic E-state index is 12.4. The Hall–Kier alpha value is -3.19. The van der Waals surface area contributed by atoms with Gasteiger partial charge < -0.3 is 9.73 Å². The lowest BCUT2D eigenvalue weighted by molar-refractivity contribution is 0.102. The van der Waals surface area contributed by atoms with E-state index < -0.39 is 0 Å². The third kappa shape index (κ3) is 3.22. The number of benzene rings is 1. The predicted molar refractivity (Wildman–Crippen MR) is 96.5 cm³/mol. The van der Waals surface area contributed by atoms with Gasteiger partial charge in [-0.1, -0.05) is 12.1 Å². The number of hydrogen-bond donors (Lipinski definition) is 2. The van der Waals surface area contributed by atoms with Gasteiger partial charge in [-0.05, 0) is 31.2 Å². The van der Waals surface area contributed by atoms with Gasteiger partial charge in [-0.3, -0.25) is 9.89 Å². The minimum atomic E-state index is -0.256. The van der Waals surface area contributed by atoms with Crippen molar-refractivity contribution in [1.82, 2.24) is 15.2 Å². The summed E-state index contributed by atoms with van der Waals surface area (Å²) in [5.74, 6) is -0.256. The number of aryl methyl sites for hydroxylation is 1. The fourth-order valence-corrected chi connectivity index (χ4v) is 3.07. The average Bonchev–Trinajstić information content (AvgIpc) is 3.36. The number of thiazole rings is 1. The Morgan fingerprint density at radius 3 is 2.88 bits per heavy atom. The van der Waals surface area contributed by atoms with Crippen LogP contribution in [0.4, 0.5) is 5.69 Å². The van der Waals surface area contributed by atoms with Crippen LogP contribution in [0, 0.1) is 6.92 Å². The van der Waals surface area contributed by atoms with Gasteiger partial charge in [0.15, 0.2) is 0 Å². The van der Waals surface area contributed by atoms with E-state index in [2.05, 4.69) is 20.5 Å². The normalized spacial score (nSPS) is 10.8. The van der Waals surface area contributed by atoms with Gasteiger partial charge in [0.05, 0.1) is 28.9 Å². The molecule has 25 heavy (non-hydrogen) atoms. The molecule has 1 amide bonds. The second kappa shape index (κ2) is 6.37. The Kier molecular flexibility index (Phi) is 3.91. The van der Waals surface area contributed by atoms with E-state index in [0.29, 0.717) is 17.1 Å². The second-order valence-electron chi connectivity index (χ2n) is 5.47. The van der Waals surface area contributed by atoms with E-state index in [-0.39, 0.29) is 5.91 Å². The fourth-order valence-electron chi connectivity index (χ4n) is 2.45. The molecule has 0 saturated heterocycles. The zero-order valence-electron chi connectivity index (χ0n) is 13.3. The lowest BCUT2D eigenvalue weighted by Gasteiger charge is -2.05. The summed E-state index contributed by atoms with van der Waals surface area (Å²) in [6.45, 7) is 1.97. The summed E-state index contributed by atoms with van der Waals surface area (Å²) in [5, 5.41) is 12.8. The topological polar surface area (TPSA) is 83.8 Å². The molecule has 0 saturated carbocycles. The van der Waals surface area contributed by atoms with Crippen molar-refractivity contribution in [3.63, 3.8) is 0 Å². The Balaban J connectivity index is 1.53. The molecule has 0 aliphatic heterocycles. The number of H-pyrrole nitrogens is 1. The first-order chi connectivity index (χ1) is 12.2. The number of nitrogens with zero attached hydrogens (tertiary/aromatic N) is 2. The van der Waals surface area contributed by atoms with E-state index in [1.807, 2.05) is 36.6 Å². The molecule has 0 atom stereocenters. The van der Waals surface area contributed by atoms with Crippen LogP contribution in [0.15, 0.2) is 58.7 Å². The molecule has 3 aromatic heterocycles. The molecule has 1 aromatic carbocycles. The molecule has 0 spiro atoms. The Morgan fingerprint density at radius 1 is 1.20 bits per heavy atom. The molecule has 0 bridgehead atoms. The van der Waals surface area contributed by atoms with E-state index in [1.165, 1.54) is 0 Å². The molecule has 4 rings (SSSR count). The van der Waals surface area contributed by atoms with Crippen LogP contribution in [0.2, 0.25) is 0 Å². The molecule has 4 aromatic rings. The van der Waals surface area contributed by atoms with Gasteiger partial charge in [0.25, 0.3) is 5.91 Å². The zero-order chi connectivity index (χ0) is 17.2. The third-order valence-corrected chi connectivity index (χ3v) is 4.45. The highest BCUT2D eigenvalue weighted by molar-refractivity contribution is 7.09. The highest BCUT2D eigenvalue weighted by atomic mass is 32.1. The lowest BCUT2D eigenvalue weighted by atomic mass is 10.1. The number of amides is 1. The van der Waals surface area contributed by atoms with Gasteiger partial charge in [0.1, 0.15) is 5.69 Å². The van der Waals surface area contributed by atoms with Gasteiger partial charge in [-0.25, -0.2) is 4.98 Å². The van der Waals surface area contributed by atoms with Crippen molar-refractivity contribution in [2.24, 2.45) is 0 Å². The highest BCUT2D eigenvalue weighted by Gasteiger charge is 2.12. The fraction of sp³-hybridized carbons (Fsp3) is 0.0556. The molecule has 0 fully saturated rings. The number of aromatic nitrogens is 3. The number of furan rings is 1. The summed E-state index contributed by atoms with van der Waals surface area (Å²) in [6.07, 6.45) is 3.15. The number of anilines is 1. The van der Waals surface area contributed by atoms with Crippen molar-refractivity contribution < 1.29 is 9.21 Å². The lowest BCUT2D eigenvalue weighted by Crippen LogP contribution is -2.12. The molecule has 124 valence electrons. The summed E-state index contributed by atoms with van der Waals surface area (Å²) in [7, 11) is 0. The van der Waals surface area contributed by atoms with Gasteiger partial charge in [0.2, 0.25) is 0 Å². The van der Waals surface area contributed by atoms with E-state index in [9.17, 15) is 4.79 Å². The minimum absolute atomic E-state index is 0.256. The van der Waals surface area contributed by atoms with E-state index >= 15 is 0 Å². The molecule has 3 heterocycles. The van der Waals surface area contributed by atoms with E-state index in [1.54, 1.807) is 36.0 Å². The molecule has 0 aliphatic rings. The number of carbonyl (C=O) groups is 1. The summed E-state index contributed by atoms with van der Waals surface area (Å²) >= 11 is 1.60. The first-order valence-corrected chi connectivity index (χ1v) is 8.49. The highest BCUT2D eigenvalue weighted by Crippen LogP contribution is 2.24. The van der Waals surface area contributed by atoms with E-state index in [4.69, 9.17) is 4.42 Å². The van der Waals surface area contributed by atoms with Crippen molar-refractivity contribution in [1.29, 1.82) is 0 Å². The maximum Gasteiger partial charge on any atom is 0.273 e. The molecule has 6 nitrogen and oxygen atoms in total. The number of nitrogens with one attached hydrogen (secondary N) is 2. The number of hydrogen-bond acceptors (Lipinski definition) is 5. The minimum Gasteiger partial charge on any atom is -0.472 e. The van der Waals surface area contributed by atoms with Gasteiger partial charge >= 0.3 is 0 Å². The number of carbonyl (C=O) groups excluding carboxylic acids is 1. The summed E-state index contributed by atoms with van der Waals surface area (Å²) in [5.41, 5.74) is 4.42. The molecule has 0 radical (unpaired) electrons. The Bertz CT molecular complexity index is 1020. The van der Waals surface area contributed by atoms with E-state index in [0.717, 1.165) is 21.8 Å². The summed E-state index contributed by atoms with van der Waals surface area (Å²) in [6, 6.07) is 11.1. The van der Waals surface area contributed by atoms with Crippen LogP contribution in [0.3, 0.4) is 0 Å². The first kappa shape index (κ1) is 15.3. The van der Waals surface area contributed by atoms with Crippen molar-refractivity contribution in [2.45, 2.75) is 6.92 Å². The molecular weight excluding hydrogens is 336 g/mol. The van der Waals surface area contributed by atoms with Crippen molar-refractivity contribution in [3.8, 4) is 22.5 Å². The van der Waals surface area contributed by atoms with Crippen molar-refractivity contribution in [2.75, 3.05) is 5.32 Å². The maximum atomic E-state index is 12.4. The van der Waals surface area contributed by atoms with Crippen LogP contribution >= 0.6 is 11.3 Å². The quantitative estimate of drug-likeness (QED) is 0.573. The monoisotopic (exact) mass is 350 g/mol. The van der Waals surface area contributed by atoms with Gasteiger partial charge in [-0.2, -0.15) is 5.10 Å². The predicted octanol–water partition coefficient (Wildman–Crippen LogP) is 4.35. The first-order valence-electron chi connectivity index (χ1n) is 7.61. The van der Waals surface area contributed by atoms with Crippen LogP contribution in [0.1, 0.15) is 15.5 Å². The molecule has 0 unspecified atom stereocenters. The number of rotatable bonds is 4. The Morgan fingerprint density at radius 2 is 2.12 bits per heavy atom. The molecule has 7 heteroatoms. The Labute approximate surface area is 147 Å². The van der Waals surface area contributed by atoms with Crippen molar-refractivity contribution >= 4 is 22.9 Å². The largest absolute Gasteiger partial charge is 0.472 e. The van der Waals surface area contributed by atoms with Crippen molar-refractivity contribution in [3.05, 3.63) is 65.0 Å².